The third-order valence-electron chi connectivity index (χ3n) is 3.21. The summed E-state index contributed by atoms with van der Waals surface area (Å²) in [7, 11) is 2.09. The summed E-state index contributed by atoms with van der Waals surface area (Å²) in [6.07, 6.45) is 2.14. The highest BCUT2D eigenvalue weighted by atomic mass is 16.5. The molecule has 0 unspecified atom stereocenters. The summed E-state index contributed by atoms with van der Waals surface area (Å²) in [5, 5.41) is 0. The van der Waals surface area contributed by atoms with E-state index in [9.17, 15) is 0 Å². The first-order chi connectivity index (χ1) is 7.68. The molecule has 4 heteroatoms. The lowest BCUT2D eigenvalue weighted by molar-refractivity contribution is 0.0853. The van der Waals surface area contributed by atoms with Gasteiger partial charge in [-0.1, -0.05) is 0 Å². The molecule has 4 nitrogen and oxygen atoms in total. The van der Waals surface area contributed by atoms with E-state index < -0.39 is 0 Å². The third-order valence-corrected chi connectivity index (χ3v) is 3.21. The molecule has 1 aliphatic heterocycles. The Bertz CT molecular complexity index is 361. The van der Waals surface area contributed by atoms with Gasteiger partial charge in [-0.3, -0.25) is 0 Å². The molecule has 16 heavy (non-hydrogen) atoms. The summed E-state index contributed by atoms with van der Waals surface area (Å²) in [6.45, 7) is 3.64. The summed E-state index contributed by atoms with van der Waals surface area (Å²) in [5.41, 5.74) is 7.42. The van der Waals surface area contributed by atoms with Gasteiger partial charge >= 0.3 is 0 Å². The average molecular weight is 221 g/mol. The Morgan fingerprint density at radius 1 is 1.38 bits per heavy atom. The Balaban J connectivity index is 2.12. The molecule has 0 aliphatic carbocycles. The zero-order valence-corrected chi connectivity index (χ0v) is 9.94. The van der Waals surface area contributed by atoms with Gasteiger partial charge in [0.2, 0.25) is 0 Å². The van der Waals surface area contributed by atoms with Gasteiger partial charge in [0.15, 0.2) is 0 Å². The second-order valence-corrected chi connectivity index (χ2v) is 4.30. The van der Waals surface area contributed by atoms with Gasteiger partial charge in [-0.2, -0.15) is 0 Å². The van der Waals surface area contributed by atoms with E-state index in [0.29, 0.717) is 6.04 Å². The van der Waals surface area contributed by atoms with Crippen molar-refractivity contribution < 1.29 is 4.74 Å². The molecular formula is C12H19N3O. The molecule has 1 aromatic rings. The summed E-state index contributed by atoms with van der Waals surface area (Å²) >= 11 is 0. The van der Waals surface area contributed by atoms with Gasteiger partial charge in [-0.25, -0.2) is 4.98 Å². The molecule has 2 N–H and O–H groups in total. The highest BCUT2D eigenvalue weighted by Crippen LogP contribution is 2.21. The number of anilines is 2. The molecule has 2 rings (SSSR count). The lowest BCUT2D eigenvalue weighted by Crippen LogP contribution is -2.37. The number of nitrogens with two attached hydrogens (primary N) is 1. The molecule has 0 amide bonds. The summed E-state index contributed by atoms with van der Waals surface area (Å²) < 4.78 is 5.36. The van der Waals surface area contributed by atoms with Crippen LogP contribution in [0, 0.1) is 6.92 Å². The van der Waals surface area contributed by atoms with Crippen LogP contribution < -0.4 is 10.6 Å². The maximum atomic E-state index is 5.77. The maximum Gasteiger partial charge on any atom is 0.128 e. The van der Waals surface area contributed by atoms with Crippen LogP contribution in [0.4, 0.5) is 11.5 Å². The number of rotatable bonds is 2. The van der Waals surface area contributed by atoms with E-state index in [4.69, 9.17) is 10.5 Å². The zero-order valence-electron chi connectivity index (χ0n) is 9.94. The molecule has 0 saturated carbocycles. The average Bonchev–Trinajstić information content (AvgIpc) is 2.33. The van der Waals surface area contributed by atoms with Crippen molar-refractivity contribution in [2.45, 2.75) is 25.8 Å². The van der Waals surface area contributed by atoms with E-state index in [-0.39, 0.29) is 0 Å². The van der Waals surface area contributed by atoms with Crippen LogP contribution in [0.15, 0.2) is 12.1 Å². The molecule has 2 heterocycles. The maximum absolute atomic E-state index is 5.77. The van der Waals surface area contributed by atoms with E-state index >= 15 is 0 Å². The fourth-order valence-electron chi connectivity index (χ4n) is 2.01. The monoisotopic (exact) mass is 221 g/mol. The number of hydrogen-bond donors (Lipinski definition) is 1. The van der Waals surface area contributed by atoms with Crippen molar-refractivity contribution in [3.8, 4) is 0 Å². The number of aryl methyl sites for hydroxylation is 1. The van der Waals surface area contributed by atoms with Crippen molar-refractivity contribution in [1.29, 1.82) is 0 Å². The molecule has 0 atom stereocenters. The molecule has 0 bridgehead atoms. The van der Waals surface area contributed by atoms with Gasteiger partial charge in [-0.05, 0) is 31.9 Å². The van der Waals surface area contributed by atoms with Gasteiger partial charge < -0.3 is 15.4 Å². The minimum atomic E-state index is 0.532. The van der Waals surface area contributed by atoms with Crippen LogP contribution >= 0.6 is 0 Å². The third kappa shape index (κ3) is 2.27. The molecule has 1 aliphatic rings. The lowest BCUT2D eigenvalue weighted by atomic mass is 10.1. The van der Waals surface area contributed by atoms with Gasteiger partial charge in [0, 0.05) is 26.3 Å². The highest BCUT2D eigenvalue weighted by Gasteiger charge is 2.19. The number of pyridine rings is 1. The smallest absolute Gasteiger partial charge is 0.128 e. The molecule has 0 radical (unpaired) electrons. The van der Waals surface area contributed by atoms with Crippen LogP contribution in [0.5, 0.6) is 0 Å². The van der Waals surface area contributed by atoms with Gasteiger partial charge in [0.25, 0.3) is 0 Å². The Kier molecular flexibility index (Phi) is 3.29. The van der Waals surface area contributed by atoms with E-state index in [1.54, 1.807) is 0 Å². The predicted octanol–water partition coefficient (Wildman–Crippen LogP) is 1.59. The number of nitrogens with zero attached hydrogens (tertiary/aromatic N) is 2. The largest absolute Gasteiger partial charge is 0.397 e. The van der Waals surface area contributed by atoms with Crippen molar-refractivity contribution >= 4 is 11.5 Å². The molecular weight excluding hydrogens is 202 g/mol. The first kappa shape index (κ1) is 11.2. The Morgan fingerprint density at radius 2 is 2.06 bits per heavy atom. The van der Waals surface area contributed by atoms with Crippen LogP contribution in [-0.2, 0) is 4.74 Å². The molecule has 1 fully saturated rings. The summed E-state index contributed by atoms with van der Waals surface area (Å²) in [5.74, 6) is 0.999. The van der Waals surface area contributed by atoms with Crippen molar-refractivity contribution in [3.05, 3.63) is 17.8 Å². The normalized spacial score (nSPS) is 17.4. The first-order valence-electron chi connectivity index (χ1n) is 5.72. The number of nitrogen functional groups attached to an aromatic ring is 1. The van der Waals surface area contributed by atoms with Crippen LogP contribution in [0.2, 0.25) is 0 Å². The fraction of sp³-hybridized carbons (Fsp3) is 0.583. The van der Waals surface area contributed by atoms with Crippen LogP contribution in [-0.4, -0.2) is 31.3 Å². The second kappa shape index (κ2) is 4.70. The minimum Gasteiger partial charge on any atom is -0.397 e. The van der Waals surface area contributed by atoms with E-state index in [1.165, 1.54) is 0 Å². The van der Waals surface area contributed by atoms with E-state index in [0.717, 1.165) is 43.3 Å². The Labute approximate surface area is 96.4 Å². The Hall–Kier alpha value is -1.29. The minimum absolute atomic E-state index is 0.532. The first-order valence-corrected chi connectivity index (χ1v) is 5.72. The molecule has 88 valence electrons. The van der Waals surface area contributed by atoms with Gasteiger partial charge in [-0.15, -0.1) is 0 Å². The van der Waals surface area contributed by atoms with Crippen LogP contribution in [0.3, 0.4) is 0 Å². The van der Waals surface area contributed by atoms with Crippen molar-refractivity contribution in [3.63, 3.8) is 0 Å². The second-order valence-electron chi connectivity index (χ2n) is 4.30. The quantitative estimate of drug-likeness (QED) is 0.824. The molecule has 1 aromatic heterocycles. The van der Waals surface area contributed by atoms with Crippen molar-refractivity contribution in [2.24, 2.45) is 0 Å². The standard InChI is InChI=1S/C12H19N3O/c1-9-11(13)3-4-12(14-9)15(2)10-5-7-16-8-6-10/h3-4,10H,5-8,13H2,1-2H3. The topological polar surface area (TPSA) is 51.4 Å². The summed E-state index contributed by atoms with van der Waals surface area (Å²) in [6, 6.07) is 4.44. The van der Waals surface area contributed by atoms with Crippen LogP contribution in [0.25, 0.3) is 0 Å². The van der Waals surface area contributed by atoms with E-state index in [2.05, 4.69) is 16.9 Å². The highest BCUT2D eigenvalue weighted by molar-refractivity contribution is 5.50. The van der Waals surface area contributed by atoms with Gasteiger partial charge in [0.05, 0.1) is 11.4 Å². The zero-order chi connectivity index (χ0) is 11.5. The number of ether oxygens (including phenoxy) is 1. The predicted molar refractivity (Wildman–Crippen MR) is 65.6 cm³/mol. The Morgan fingerprint density at radius 3 is 2.69 bits per heavy atom. The SMILES string of the molecule is Cc1nc(N(C)C2CCOCC2)ccc1N. The van der Waals surface area contributed by atoms with Crippen molar-refractivity contribution in [2.75, 3.05) is 30.9 Å². The van der Waals surface area contributed by atoms with E-state index in [1.807, 2.05) is 19.1 Å². The number of aromatic nitrogens is 1. The summed E-state index contributed by atoms with van der Waals surface area (Å²) in [4.78, 5) is 6.74. The fourth-order valence-corrected chi connectivity index (χ4v) is 2.01. The lowest BCUT2D eigenvalue weighted by Gasteiger charge is -2.32. The van der Waals surface area contributed by atoms with Crippen LogP contribution in [0.1, 0.15) is 18.5 Å². The molecule has 0 spiro atoms. The molecule has 0 aromatic carbocycles. The molecule has 1 saturated heterocycles. The van der Waals surface area contributed by atoms with Gasteiger partial charge in [0.1, 0.15) is 5.82 Å². The van der Waals surface area contributed by atoms with Crippen molar-refractivity contribution in [1.82, 2.24) is 4.98 Å². The number of hydrogen-bond acceptors (Lipinski definition) is 4.